The van der Waals surface area contributed by atoms with Gasteiger partial charge in [0.15, 0.2) is 0 Å². The first-order valence-corrected chi connectivity index (χ1v) is 9.68. The van der Waals surface area contributed by atoms with Gasteiger partial charge in [-0.2, -0.15) is 0 Å². The molecule has 0 amide bonds. The fraction of sp³-hybridized carbons (Fsp3) is 0.522. The van der Waals surface area contributed by atoms with Crippen LogP contribution in [0.1, 0.15) is 82.1 Å². The largest absolute Gasteiger partial charge is 0.455 e. The number of hydrogen-bond donors (Lipinski definition) is 0. The Balaban J connectivity index is 2.03. The number of benzene rings is 2. The van der Waals surface area contributed by atoms with Crippen molar-refractivity contribution in [3.05, 3.63) is 47.5 Å². The average molecular weight is 338 g/mol. The van der Waals surface area contributed by atoms with Crippen LogP contribution in [-0.4, -0.2) is 11.6 Å². The molecule has 0 bridgehead atoms. The van der Waals surface area contributed by atoms with Gasteiger partial charge in [-0.15, -0.1) is 0 Å². The summed E-state index contributed by atoms with van der Waals surface area (Å²) in [6.45, 7) is 8.86. The second-order valence-electron chi connectivity index (χ2n) is 8.08. The van der Waals surface area contributed by atoms with Gasteiger partial charge in [-0.25, -0.2) is 4.79 Å². The standard InChI is InChI=1S/C23H30O2/c1-5-22(3,4)20-14-10-11-17-18(20)12-9-13-19(17)21(24)25-23(6-2)15-7-8-16-23/h9-14H,5-8,15-16H2,1-4H3. The lowest BCUT2D eigenvalue weighted by Crippen LogP contribution is -2.31. The van der Waals surface area contributed by atoms with Gasteiger partial charge < -0.3 is 4.74 Å². The molecule has 25 heavy (non-hydrogen) atoms. The lowest BCUT2D eigenvalue weighted by Gasteiger charge is -2.28. The zero-order valence-corrected chi connectivity index (χ0v) is 16.0. The first-order chi connectivity index (χ1) is 11.9. The number of esters is 1. The summed E-state index contributed by atoms with van der Waals surface area (Å²) in [6, 6.07) is 12.3. The minimum absolute atomic E-state index is 0.0815. The van der Waals surface area contributed by atoms with Crippen LogP contribution in [0.3, 0.4) is 0 Å². The van der Waals surface area contributed by atoms with Crippen molar-refractivity contribution < 1.29 is 9.53 Å². The minimum atomic E-state index is -0.250. The van der Waals surface area contributed by atoms with E-state index in [1.165, 1.54) is 10.9 Å². The molecule has 2 aromatic rings. The topological polar surface area (TPSA) is 26.3 Å². The van der Waals surface area contributed by atoms with Gasteiger partial charge in [-0.1, -0.05) is 58.0 Å². The molecule has 0 N–H and O–H groups in total. The van der Waals surface area contributed by atoms with Crippen LogP contribution >= 0.6 is 0 Å². The second-order valence-corrected chi connectivity index (χ2v) is 8.08. The van der Waals surface area contributed by atoms with Crippen LogP contribution in [0.5, 0.6) is 0 Å². The smallest absolute Gasteiger partial charge is 0.339 e. The Kier molecular flexibility index (Phi) is 4.90. The van der Waals surface area contributed by atoms with E-state index in [1.807, 2.05) is 12.1 Å². The Labute approximate surface area is 151 Å². The van der Waals surface area contributed by atoms with Crippen molar-refractivity contribution in [3.63, 3.8) is 0 Å². The predicted octanol–water partition coefficient (Wildman–Crippen LogP) is 6.41. The lowest BCUT2D eigenvalue weighted by atomic mass is 9.79. The summed E-state index contributed by atoms with van der Waals surface area (Å²) >= 11 is 0. The Bertz CT molecular complexity index is 767. The highest BCUT2D eigenvalue weighted by Gasteiger charge is 2.36. The van der Waals surface area contributed by atoms with Gasteiger partial charge in [0.25, 0.3) is 0 Å². The van der Waals surface area contributed by atoms with Crippen molar-refractivity contribution in [2.45, 2.75) is 77.2 Å². The molecule has 1 aliphatic rings. The molecule has 1 fully saturated rings. The molecule has 2 heteroatoms. The van der Waals surface area contributed by atoms with Crippen molar-refractivity contribution in [1.29, 1.82) is 0 Å². The molecule has 0 heterocycles. The van der Waals surface area contributed by atoms with Crippen molar-refractivity contribution in [2.24, 2.45) is 0 Å². The molecule has 0 aliphatic heterocycles. The van der Waals surface area contributed by atoms with E-state index in [9.17, 15) is 4.79 Å². The van der Waals surface area contributed by atoms with E-state index < -0.39 is 0 Å². The maximum atomic E-state index is 13.0. The summed E-state index contributed by atoms with van der Waals surface area (Å²) < 4.78 is 6.06. The molecule has 134 valence electrons. The van der Waals surface area contributed by atoms with E-state index in [1.54, 1.807) is 0 Å². The van der Waals surface area contributed by atoms with Gasteiger partial charge in [0, 0.05) is 0 Å². The fourth-order valence-electron chi connectivity index (χ4n) is 4.07. The van der Waals surface area contributed by atoms with Gasteiger partial charge in [0.1, 0.15) is 5.60 Å². The maximum Gasteiger partial charge on any atom is 0.339 e. The van der Waals surface area contributed by atoms with Crippen LogP contribution in [0.15, 0.2) is 36.4 Å². The summed E-state index contributed by atoms with van der Waals surface area (Å²) in [5.74, 6) is -0.166. The minimum Gasteiger partial charge on any atom is -0.455 e. The number of carbonyl (C=O) groups is 1. The van der Waals surface area contributed by atoms with Crippen LogP contribution in [0.25, 0.3) is 10.8 Å². The van der Waals surface area contributed by atoms with Crippen LogP contribution in [0.2, 0.25) is 0 Å². The molecule has 1 aliphatic carbocycles. The highest BCUT2D eigenvalue weighted by molar-refractivity contribution is 6.05. The lowest BCUT2D eigenvalue weighted by molar-refractivity contribution is -0.0170. The third kappa shape index (κ3) is 3.31. The Morgan fingerprint density at radius 1 is 1.04 bits per heavy atom. The SMILES string of the molecule is CCC1(OC(=O)c2cccc3c(C(C)(C)CC)cccc23)CCCC1. The summed E-state index contributed by atoms with van der Waals surface area (Å²) in [5.41, 5.74) is 1.83. The zero-order valence-electron chi connectivity index (χ0n) is 16.0. The summed E-state index contributed by atoms with van der Waals surface area (Å²) in [4.78, 5) is 13.0. The first kappa shape index (κ1) is 18.0. The molecule has 0 atom stereocenters. The molecule has 0 spiro atoms. The molecule has 0 saturated heterocycles. The molecule has 3 rings (SSSR count). The Hall–Kier alpha value is -1.83. The molecule has 0 radical (unpaired) electrons. The van der Waals surface area contributed by atoms with E-state index in [0.29, 0.717) is 5.56 Å². The predicted molar refractivity (Wildman–Crippen MR) is 104 cm³/mol. The van der Waals surface area contributed by atoms with Gasteiger partial charge in [0.2, 0.25) is 0 Å². The molecule has 2 aromatic carbocycles. The van der Waals surface area contributed by atoms with Crippen LogP contribution < -0.4 is 0 Å². The first-order valence-electron chi connectivity index (χ1n) is 9.68. The quantitative estimate of drug-likeness (QED) is 0.589. The molecule has 0 unspecified atom stereocenters. The third-order valence-corrected chi connectivity index (χ3v) is 6.22. The molecule has 2 nitrogen and oxygen atoms in total. The number of ether oxygens (including phenoxy) is 1. The molecular formula is C23H30O2. The Morgan fingerprint density at radius 3 is 2.32 bits per heavy atom. The fourth-order valence-corrected chi connectivity index (χ4v) is 4.07. The van der Waals surface area contributed by atoms with Gasteiger partial charge >= 0.3 is 5.97 Å². The van der Waals surface area contributed by atoms with Crippen molar-refractivity contribution in [1.82, 2.24) is 0 Å². The number of fused-ring (bicyclic) bond motifs is 1. The summed E-state index contributed by atoms with van der Waals surface area (Å²) in [7, 11) is 0. The highest BCUT2D eigenvalue weighted by Crippen LogP contribution is 2.38. The molecule has 1 saturated carbocycles. The molecular weight excluding hydrogens is 308 g/mol. The van der Waals surface area contributed by atoms with Crippen LogP contribution in [-0.2, 0) is 10.2 Å². The highest BCUT2D eigenvalue weighted by atomic mass is 16.6. The van der Waals surface area contributed by atoms with E-state index in [4.69, 9.17) is 4.74 Å². The second kappa shape index (κ2) is 6.82. The van der Waals surface area contributed by atoms with Gasteiger partial charge in [-0.3, -0.25) is 0 Å². The van der Waals surface area contributed by atoms with Gasteiger partial charge in [-0.05, 0) is 66.3 Å². The van der Waals surface area contributed by atoms with E-state index in [0.717, 1.165) is 43.9 Å². The van der Waals surface area contributed by atoms with E-state index in [2.05, 4.69) is 52.0 Å². The van der Waals surface area contributed by atoms with Crippen LogP contribution in [0, 0.1) is 0 Å². The number of rotatable bonds is 5. The van der Waals surface area contributed by atoms with Crippen molar-refractivity contribution >= 4 is 16.7 Å². The normalized spacial score (nSPS) is 17.0. The summed E-state index contributed by atoms with van der Waals surface area (Å²) in [5, 5.41) is 2.18. The van der Waals surface area contributed by atoms with E-state index >= 15 is 0 Å². The van der Waals surface area contributed by atoms with E-state index in [-0.39, 0.29) is 17.0 Å². The number of hydrogen-bond acceptors (Lipinski definition) is 2. The third-order valence-electron chi connectivity index (χ3n) is 6.22. The van der Waals surface area contributed by atoms with Crippen LogP contribution in [0.4, 0.5) is 0 Å². The van der Waals surface area contributed by atoms with Gasteiger partial charge in [0.05, 0.1) is 5.56 Å². The Morgan fingerprint density at radius 2 is 1.68 bits per heavy atom. The van der Waals surface area contributed by atoms with Crippen molar-refractivity contribution in [3.8, 4) is 0 Å². The zero-order chi connectivity index (χ0) is 18.1. The maximum absolute atomic E-state index is 13.0. The number of carbonyl (C=O) groups excluding carboxylic acids is 1. The van der Waals surface area contributed by atoms with Crippen molar-refractivity contribution in [2.75, 3.05) is 0 Å². The monoisotopic (exact) mass is 338 g/mol. The molecule has 0 aromatic heterocycles. The average Bonchev–Trinajstić information content (AvgIpc) is 3.09. The summed E-state index contributed by atoms with van der Waals surface area (Å²) in [6.07, 6.45) is 6.26.